The number of benzene rings is 3. The van der Waals surface area contributed by atoms with Crippen LogP contribution in [0.4, 0.5) is 5.69 Å². The van der Waals surface area contributed by atoms with Gasteiger partial charge in [0.2, 0.25) is 0 Å². The number of carbonyl (C=O) groups is 1. The summed E-state index contributed by atoms with van der Waals surface area (Å²) in [6.07, 6.45) is 0. The summed E-state index contributed by atoms with van der Waals surface area (Å²) in [6, 6.07) is 19.0. The summed E-state index contributed by atoms with van der Waals surface area (Å²) in [5.41, 5.74) is 3.45. The molecule has 1 amide bonds. The van der Waals surface area contributed by atoms with Gasteiger partial charge in [-0.15, -0.1) is 0 Å². The minimum atomic E-state index is -3.70. The second-order valence-corrected chi connectivity index (χ2v) is 8.89. The highest BCUT2D eigenvalue weighted by Crippen LogP contribution is 2.21. The lowest BCUT2D eigenvalue weighted by Crippen LogP contribution is -2.23. The van der Waals surface area contributed by atoms with E-state index >= 15 is 0 Å². The lowest BCUT2D eigenvalue weighted by atomic mass is 10.1. The van der Waals surface area contributed by atoms with Gasteiger partial charge in [0.15, 0.2) is 0 Å². The van der Waals surface area contributed by atoms with Crippen LogP contribution < -0.4 is 14.8 Å². The quantitative estimate of drug-likeness (QED) is 0.545. The van der Waals surface area contributed by atoms with Crippen LogP contribution in [0.25, 0.3) is 0 Å². The summed E-state index contributed by atoms with van der Waals surface area (Å²) in [6.45, 7) is 6.51. The molecule has 0 aliphatic rings. The van der Waals surface area contributed by atoms with Gasteiger partial charge in [-0.1, -0.05) is 29.8 Å². The fourth-order valence-corrected chi connectivity index (χ4v) is 4.17. The first-order valence-corrected chi connectivity index (χ1v) is 11.5. The van der Waals surface area contributed by atoms with Crippen molar-refractivity contribution in [2.45, 2.75) is 32.2 Å². The second-order valence-electron chi connectivity index (χ2n) is 7.21. The highest BCUT2D eigenvalue weighted by Gasteiger charge is 2.16. The van der Waals surface area contributed by atoms with Gasteiger partial charge >= 0.3 is 0 Å². The average Bonchev–Trinajstić information content (AvgIpc) is 2.74. The van der Waals surface area contributed by atoms with Crippen molar-refractivity contribution in [2.24, 2.45) is 0 Å². The molecule has 7 heteroatoms. The molecule has 0 radical (unpaired) electrons. The van der Waals surface area contributed by atoms with Crippen LogP contribution in [-0.4, -0.2) is 20.9 Å². The van der Waals surface area contributed by atoms with Crippen LogP contribution >= 0.6 is 0 Å². The lowest BCUT2D eigenvalue weighted by molar-refractivity contribution is 0.0950. The second kappa shape index (κ2) is 9.66. The first kappa shape index (κ1) is 22.4. The molecule has 0 aliphatic carbocycles. The highest BCUT2D eigenvalue weighted by atomic mass is 32.2. The molecule has 3 aromatic carbocycles. The third kappa shape index (κ3) is 5.86. The number of anilines is 1. The first-order valence-electron chi connectivity index (χ1n) is 9.98. The molecule has 0 unspecified atom stereocenters. The van der Waals surface area contributed by atoms with E-state index in [0.717, 1.165) is 16.9 Å². The molecule has 2 N–H and O–H groups in total. The molecule has 162 valence electrons. The summed E-state index contributed by atoms with van der Waals surface area (Å²) in [4.78, 5) is 12.7. The van der Waals surface area contributed by atoms with Gasteiger partial charge in [0, 0.05) is 12.1 Å². The van der Waals surface area contributed by atoms with E-state index in [4.69, 9.17) is 4.74 Å². The van der Waals surface area contributed by atoms with Gasteiger partial charge in [-0.25, -0.2) is 8.42 Å². The Morgan fingerprint density at radius 2 is 1.71 bits per heavy atom. The van der Waals surface area contributed by atoms with Crippen LogP contribution in [0.1, 0.15) is 34.0 Å². The van der Waals surface area contributed by atoms with E-state index in [1.165, 1.54) is 0 Å². The summed E-state index contributed by atoms with van der Waals surface area (Å²) in [5, 5.41) is 2.88. The van der Waals surface area contributed by atoms with E-state index < -0.39 is 10.0 Å². The number of ether oxygens (including phenoxy) is 1. The number of hydrogen-bond acceptors (Lipinski definition) is 4. The minimum absolute atomic E-state index is 0.189. The topological polar surface area (TPSA) is 84.5 Å². The normalized spacial score (nSPS) is 11.1. The van der Waals surface area contributed by atoms with Crippen LogP contribution in [-0.2, 0) is 16.6 Å². The number of sulfonamides is 1. The Kier molecular flexibility index (Phi) is 6.97. The molecule has 0 aromatic heterocycles. The number of amides is 1. The third-order valence-corrected chi connectivity index (χ3v) is 6.11. The summed E-state index contributed by atoms with van der Waals surface area (Å²) in [5.74, 6) is 0.521. The van der Waals surface area contributed by atoms with Crippen LogP contribution in [0.15, 0.2) is 71.6 Å². The van der Waals surface area contributed by atoms with Crippen molar-refractivity contribution in [1.82, 2.24) is 5.32 Å². The molecular weight excluding hydrogens is 412 g/mol. The number of nitrogens with one attached hydrogen (secondary N) is 2. The zero-order chi connectivity index (χ0) is 22.4. The maximum absolute atomic E-state index is 12.6. The Morgan fingerprint density at radius 1 is 0.968 bits per heavy atom. The monoisotopic (exact) mass is 438 g/mol. The van der Waals surface area contributed by atoms with E-state index in [-0.39, 0.29) is 10.8 Å². The molecular formula is C24H26N2O4S. The van der Waals surface area contributed by atoms with Gasteiger partial charge in [0.25, 0.3) is 15.9 Å². The summed E-state index contributed by atoms with van der Waals surface area (Å²) in [7, 11) is -3.70. The van der Waals surface area contributed by atoms with E-state index in [2.05, 4.69) is 10.0 Å². The molecule has 0 saturated carbocycles. The lowest BCUT2D eigenvalue weighted by Gasteiger charge is -2.13. The molecule has 0 atom stereocenters. The van der Waals surface area contributed by atoms with Crippen molar-refractivity contribution in [3.63, 3.8) is 0 Å². The average molecular weight is 439 g/mol. The smallest absolute Gasteiger partial charge is 0.261 e. The third-order valence-electron chi connectivity index (χ3n) is 4.73. The molecule has 0 fully saturated rings. The molecule has 0 spiro atoms. The zero-order valence-corrected chi connectivity index (χ0v) is 18.6. The van der Waals surface area contributed by atoms with E-state index in [1.807, 2.05) is 38.1 Å². The Labute approximate surface area is 183 Å². The Hall–Kier alpha value is -3.32. The Bertz CT molecular complexity index is 1170. The molecule has 3 aromatic rings. The fraction of sp³-hybridized carbons (Fsp3) is 0.208. The minimum Gasteiger partial charge on any atom is -0.494 e. The van der Waals surface area contributed by atoms with Crippen molar-refractivity contribution >= 4 is 21.6 Å². The van der Waals surface area contributed by atoms with E-state index in [9.17, 15) is 13.2 Å². The number of hydrogen-bond donors (Lipinski definition) is 2. The van der Waals surface area contributed by atoms with Crippen molar-refractivity contribution in [3.05, 3.63) is 89.0 Å². The fourth-order valence-electron chi connectivity index (χ4n) is 3.04. The SMILES string of the molecule is CCOc1cccc(CNC(=O)c2ccc(NS(=O)(=O)c3ccc(C)cc3)c(C)c2)c1. The van der Waals surface area contributed by atoms with Gasteiger partial charge in [0.05, 0.1) is 17.2 Å². The largest absolute Gasteiger partial charge is 0.494 e. The van der Waals surface area contributed by atoms with Gasteiger partial charge < -0.3 is 10.1 Å². The molecule has 3 rings (SSSR count). The van der Waals surface area contributed by atoms with Crippen molar-refractivity contribution in [2.75, 3.05) is 11.3 Å². The maximum atomic E-state index is 12.6. The molecule has 31 heavy (non-hydrogen) atoms. The van der Waals surface area contributed by atoms with E-state index in [1.54, 1.807) is 49.4 Å². The van der Waals surface area contributed by atoms with Crippen molar-refractivity contribution in [3.8, 4) is 5.75 Å². The standard InChI is InChI=1S/C24H26N2O4S/c1-4-30-21-7-5-6-19(15-21)16-25-24(27)20-10-13-23(18(3)14-20)26-31(28,29)22-11-8-17(2)9-12-22/h5-15,26H,4,16H2,1-3H3,(H,25,27). The van der Waals surface area contributed by atoms with Gasteiger partial charge in [-0.2, -0.15) is 0 Å². The molecule has 0 saturated heterocycles. The van der Waals surface area contributed by atoms with Crippen LogP contribution in [0.3, 0.4) is 0 Å². The number of rotatable bonds is 8. The number of aryl methyl sites for hydroxylation is 2. The summed E-state index contributed by atoms with van der Waals surface area (Å²) >= 11 is 0. The van der Waals surface area contributed by atoms with Crippen LogP contribution in [0, 0.1) is 13.8 Å². The van der Waals surface area contributed by atoms with Crippen molar-refractivity contribution in [1.29, 1.82) is 0 Å². The molecule has 0 bridgehead atoms. The zero-order valence-electron chi connectivity index (χ0n) is 17.8. The number of carbonyl (C=O) groups excluding carboxylic acids is 1. The molecule has 6 nitrogen and oxygen atoms in total. The van der Waals surface area contributed by atoms with Gasteiger partial charge in [0.1, 0.15) is 5.75 Å². The van der Waals surface area contributed by atoms with E-state index in [0.29, 0.717) is 30.0 Å². The molecule has 0 heterocycles. The summed E-state index contributed by atoms with van der Waals surface area (Å²) < 4.78 is 33.3. The highest BCUT2D eigenvalue weighted by molar-refractivity contribution is 7.92. The first-order chi connectivity index (χ1) is 14.8. The van der Waals surface area contributed by atoms with Crippen LogP contribution in [0.2, 0.25) is 0 Å². The van der Waals surface area contributed by atoms with Crippen molar-refractivity contribution < 1.29 is 17.9 Å². The Balaban J connectivity index is 1.67. The predicted molar refractivity (Wildman–Crippen MR) is 122 cm³/mol. The molecule has 0 aliphatic heterocycles. The van der Waals surface area contributed by atoms with Crippen LogP contribution in [0.5, 0.6) is 5.75 Å². The van der Waals surface area contributed by atoms with Gasteiger partial charge in [-0.05, 0) is 74.4 Å². The van der Waals surface area contributed by atoms with Gasteiger partial charge in [-0.3, -0.25) is 9.52 Å². The predicted octanol–water partition coefficient (Wildman–Crippen LogP) is 4.43. The maximum Gasteiger partial charge on any atom is 0.261 e. The Morgan fingerprint density at radius 3 is 2.39 bits per heavy atom.